The van der Waals surface area contributed by atoms with Gasteiger partial charge in [0.2, 0.25) is 0 Å². The summed E-state index contributed by atoms with van der Waals surface area (Å²) in [5.41, 5.74) is 2.48. The summed E-state index contributed by atoms with van der Waals surface area (Å²) in [5, 5.41) is 5.81. The molecule has 0 saturated heterocycles. The minimum atomic E-state index is 0.373. The van der Waals surface area contributed by atoms with Gasteiger partial charge in [0.1, 0.15) is 0 Å². The van der Waals surface area contributed by atoms with E-state index in [2.05, 4.69) is 77.7 Å². The second kappa shape index (κ2) is 5.89. The topological polar surface area (TPSA) is 12.0 Å². The van der Waals surface area contributed by atoms with Crippen LogP contribution in [0.5, 0.6) is 0 Å². The van der Waals surface area contributed by atoms with Gasteiger partial charge in [-0.25, -0.2) is 0 Å². The smallest absolute Gasteiger partial charge is 0.0629 e. The van der Waals surface area contributed by atoms with Gasteiger partial charge in [0.05, 0.1) is 6.04 Å². The molecule has 0 amide bonds. The SMILES string of the molecule is Cc1ccc(Br)cc1NC(c1cccs1)C(C)C. The van der Waals surface area contributed by atoms with Gasteiger partial charge in [-0.3, -0.25) is 0 Å². The van der Waals surface area contributed by atoms with E-state index in [1.54, 1.807) is 0 Å². The molecule has 1 N–H and O–H groups in total. The predicted octanol–water partition coefficient (Wildman–Crippen LogP) is 5.63. The van der Waals surface area contributed by atoms with Gasteiger partial charge in [-0.05, 0) is 42.0 Å². The molecule has 0 fully saturated rings. The number of thiophene rings is 1. The number of aryl methyl sites for hydroxylation is 1. The van der Waals surface area contributed by atoms with Crippen LogP contribution in [-0.2, 0) is 0 Å². The maximum Gasteiger partial charge on any atom is 0.0629 e. The molecule has 0 radical (unpaired) electrons. The average molecular weight is 324 g/mol. The van der Waals surface area contributed by atoms with E-state index < -0.39 is 0 Å². The minimum Gasteiger partial charge on any atom is -0.377 e. The third-order valence-electron chi connectivity index (χ3n) is 3.03. The monoisotopic (exact) mass is 323 g/mol. The zero-order valence-electron chi connectivity index (χ0n) is 10.9. The zero-order valence-corrected chi connectivity index (χ0v) is 13.3. The molecule has 96 valence electrons. The lowest BCUT2D eigenvalue weighted by Crippen LogP contribution is -2.16. The third-order valence-corrected chi connectivity index (χ3v) is 4.48. The molecule has 0 aliphatic rings. The Kier molecular flexibility index (Phi) is 4.46. The molecule has 0 aliphatic carbocycles. The minimum absolute atomic E-state index is 0.373. The fourth-order valence-corrected chi connectivity index (χ4v) is 3.26. The van der Waals surface area contributed by atoms with Crippen molar-refractivity contribution in [3.8, 4) is 0 Å². The van der Waals surface area contributed by atoms with Crippen molar-refractivity contribution >= 4 is 33.0 Å². The van der Waals surface area contributed by atoms with E-state index >= 15 is 0 Å². The molecule has 2 aromatic rings. The second-order valence-electron chi connectivity index (χ2n) is 4.84. The molecule has 0 spiro atoms. The molecule has 3 heteroatoms. The summed E-state index contributed by atoms with van der Waals surface area (Å²) >= 11 is 5.35. The number of hydrogen-bond donors (Lipinski definition) is 1. The predicted molar refractivity (Wildman–Crippen MR) is 84.4 cm³/mol. The molecule has 1 aromatic heterocycles. The van der Waals surface area contributed by atoms with E-state index in [-0.39, 0.29) is 0 Å². The standard InChI is InChI=1S/C15H18BrNS/c1-10(2)15(14-5-4-8-18-14)17-13-9-12(16)7-6-11(13)3/h4-10,15,17H,1-3H3. The van der Waals surface area contributed by atoms with Crippen molar-refractivity contribution in [3.05, 3.63) is 50.6 Å². The molecule has 1 heterocycles. The number of rotatable bonds is 4. The quantitative estimate of drug-likeness (QED) is 0.769. The molecular formula is C15H18BrNS. The highest BCUT2D eigenvalue weighted by atomic mass is 79.9. The van der Waals surface area contributed by atoms with Gasteiger partial charge < -0.3 is 5.32 Å². The summed E-state index contributed by atoms with van der Waals surface area (Å²) in [6.45, 7) is 6.65. The van der Waals surface area contributed by atoms with Gasteiger partial charge in [0.15, 0.2) is 0 Å². The maximum atomic E-state index is 3.67. The van der Waals surface area contributed by atoms with E-state index in [1.807, 2.05) is 11.3 Å². The molecule has 1 aromatic carbocycles. The number of anilines is 1. The number of nitrogens with one attached hydrogen (secondary N) is 1. The fourth-order valence-electron chi connectivity index (χ4n) is 1.95. The highest BCUT2D eigenvalue weighted by molar-refractivity contribution is 9.10. The molecule has 0 bridgehead atoms. The average Bonchev–Trinajstić information content (AvgIpc) is 2.83. The van der Waals surface area contributed by atoms with Crippen molar-refractivity contribution in [2.45, 2.75) is 26.8 Å². The van der Waals surface area contributed by atoms with E-state index in [4.69, 9.17) is 0 Å². The molecule has 2 rings (SSSR count). The van der Waals surface area contributed by atoms with Crippen LogP contribution in [0.1, 0.15) is 30.3 Å². The van der Waals surface area contributed by atoms with Crippen molar-refractivity contribution in [3.63, 3.8) is 0 Å². The van der Waals surface area contributed by atoms with Gasteiger partial charge in [0.25, 0.3) is 0 Å². The molecule has 0 saturated carbocycles. The van der Waals surface area contributed by atoms with Crippen LogP contribution in [0.25, 0.3) is 0 Å². The maximum absolute atomic E-state index is 3.67. The van der Waals surface area contributed by atoms with Crippen LogP contribution >= 0.6 is 27.3 Å². The summed E-state index contributed by atoms with van der Waals surface area (Å²) in [7, 11) is 0. The number of halogens is 1. The van der Waals surface area contributed by atoms with Crippen LogP contribution in [0.2, 0.25) is 0 Å². The Balaban J connectivity index is 2.27. The zero-order chi connectivity index (χ0) is 13.1. The molecule has 1 atom stereocenters. The Bertz CT molecular complexity index is 505. The Morgan fingerprint density at radius 2 is 2.00 bits per heavy atom. The lowest BCUT2D eigenvalue weighted by Gasteiger charge is -2.23. The highest BCUT2D eigenvalue weighted by Crippen LogP contribution is 2.31. The molecule has 18 heavy (non-hydrogen) atoms. The number of benzene rings is 1. The van der Waals surface area contributed by atoms with Gasteiger partial charge in [0, 0.05) is 15.0 Å². The van der Waals surface area contributed by atoms with Crippen LogP contribution in [0.4, 0.5) is 5.69 Å². The van der Waals surface area contributed by atoms with Crippen LogP contribution < -0.4 is 5.32 Å². The summed E-state index contributed by atoms with van der Waals surface area (Å²) < 4.78 is 1.12. The summed E-state index contributed by atoms with van der Waals surface area (Å²) in [6, 6.07) is 11.1. The number of hydrogen-bond acceptors (Lipinski definition) is 2. The van der Waals surface area contributed by atoms with Crippen molar-refractivity contribution in [1.29, 1.82) is 0 Å². The first-order chi connectivity index (χ1) is 8.58. The third kappa shape index (κ3) is 3.15. The Morgan fingerprint density at radius 3 is 2.61 bits per heavy atom. The summed E-state index contributed by atoms with van der Waals surface area (Å²) in [4.78, 5) is 1.39. The largest absolute Gasteiger partial charge is 0.377 e. The van der Waals surface area contributed by atoms with Gasteiger partial charge in [-0.1, -0.05) is 41.9 Å². The fraction of sp³-hybridized carbons (Fsp3) is 0.333. The first-order valence-electron chi connectivity index (χ1n) is 6.14. The Morgan fingerprint density at radius 1 is 1.22 bits per heavy atom. The van der Waals surface area contributed by atoms with Crippen molar-refractivity contribution in [2.75, 3.05) is 5.32 Å². The van der Waals surface area contributed by atoms with Gasteiger partial charge in [-0.15, -0.1) is 11.3 Å². The van der Waals surface area contributed by atoms with Crippen molar-refractivity contribution in [2.24, 2.45) is 5.92 Å². The Labute approximate surface area is 121 Å². The van der Waals surface area contributed by atoms with Crippen molar-refractivity contribution < 1.29 is 0 Å². The summed E-state index contributed by atoms with van der Waals surface area (Å²) in [6.07, 6.45) is 0. The van der Waals surface area contributed by atoms with Crippen molar-refractivity contribution in [1.82, 2.24) is 0 Å². The first kappa shape index (κ1) is 13.6. The van der Waals surface area contributed by atoms with E-state index in [1.165, 1.54) is 16.1 Å². The van der Waals surface area contributed by atoms with E-state index in [9.17, 15) is 0 Å². The highest BCUT2D eigenvalue weighted by Gasteiger charge is 2.17. The van der Waals surface area contributed by atoms with Gasteiger partial charge in [-0.2, -0.15) is 0 Å². The molecule has 1 nitrogen and oxygen atoms in total. The first-order valence-corrected chi connectivity index (χ1v) is 7.81. The molecule has 0 aliphatic heterocycles. The van der Waals surface area contributed by atoms with Crippen LogP contribution in [-0.4, -0.2) is 0 Å². The van der Waals surface area contributed by atoms with Crippen LogP contribution in [0.15, 0.2) is 40.2 Å². The Hall–Kier alpha value is -0.800. The van der Waals surface area contributed by atoms with E-state index in [0.29, 0.717) is 12.0 Å². The lowest BCUT2D eigenvalue weighted by molar-refractivity contribution is 0.553. The van der Waals surface area contributed by atoms with E-state index in [0.717, 1.165) is 4.47 Å². The van der Waals surface area contributed by atoms with Crippen LogP contribution in [0.3, 0.4) is 0 Å². The lowest BCUT2D eigenvalue weighted by atomic mass is 10.0. The second-order valence-corrected chi connectivity index (χ2v) is 6.74. The molecule has 1 unspecified atom stereocenters. The summed E-state index contributed by atoms with van der Waals surface area (Å²) in [5.74, 6) is 0.557. The molecular weight excluding hydrogens is 306 g/mol. The van der Waals surface area contributed by atoms with Gasteiger partial charge >= 0.3 is 0 Å². The van der Waals surface area contributed by atoms with Crippen LogP contribution in [0, 0.1) is 12.8 Å². The normalized spacial score (nSPS) is 12.7.